The predicted molar refractivity (Wildman–Crippen MR) is 96.3 cm³/mol. The third-order valence-electron chi connectivity index (χ3n) is 4.48. The lowest BCUT2D eigenvalue weighted by atomic mass is 10.1. The van der Waals surface area contributed by atoms with E-state index in [0.29, 0.717) is 24.1 Å². The second-order valence-corrected chi connectivity index (χ2v) is 6.33. The summed E-state index contributed by atoms with van der Waals surface area (Å²) in [6, 6.07) is 12.3. The van der Waals surface area contributed by atoms with Crippen LogP contribution in [0, 0.1) is 5.82 Å². The molecule has 2 N–H and O–H groups in total. The number of halogens is 1. The van der Waals surface area contributed by atoms with Crippen LogP contribution in [0.1, 0.15) is 41.3 Å². The Kier molecular flexibility index (Phi) is 5.63. The zero-order chi connectivity index (χ0) is 18.5. The number of aliphatic hydroxyl groups excluding tert-OH is 1. The van der Waals surface area contributed by atoms with Crippen LogP contribution in [0.15, 0.2) is 48.5 Å². The molecule has 3 rings (SSSR count). The molecule has 1 saturated heterocycles. The molecular weight excluding hydrogens is 335 g/mol. The average molecular weight is 356 g/mol. The van der Waals surface area contributed by atoms with Crippen LogP contribution in [0.3, 0.4) is 0 Å². The fourth-order valence-corrected chi connectivity index (χ4v) is 2.97. The van der Waals surface area contributed by atoms with Crippen molar-refractivity contribution in [3.05, 3.63) is 65.5 Å². The molecule has 26 heavy (non-hydrogen) atoms. The molecule has 0 spiro atoms. The number of amides is 2. The summed E-state index contributed by atoms with van der Waals surface area (Å²) in [7, 11) is 0. The summed E-state index contributed by atoms with van der Waals surface area (Å²) in [5, 5.41) is 12.7. The smallest absolute Gasteiger partial charge is 0.251 e. The number of rotatable bonds is 5. The Morgan fingerprint density at radius 3 is 2.46 bits per heavy atom. The van der Waals surface area contributed by atoms with Crippen molar-refractivity contribution >= 4 is 17.5 Å². The van der Waals surface area contributed by atoms with Gasteiger partial charge in [-0.05, 0) is 54.8 Å². The molecular formula is C20H21FN2O3. The van der Waals surface area contributed by atoms with Crippen molar-refractivity contribution < 1.29 is 19.1 Å². The van der Waals surface area contributed by atoms with Gasteiger partial charge in [-0.15, -0.1) is 0 Å². The van der Waals surface area contributed by atoms with E-state index in [1.807, 2.05) is 0 Å². The number of nitrogens with zero attached hydrogens (tertiary/aromatic N) is 1. The van der Waals surface area contributed by atoms with Gasteiger partial charge in [-0.1, -0.05) is 12.1 Å². The Bertz CT molecular complexity index is 775. The molecule has 1 fully saturated rings. The number of piperidine rings is 1. The second-order valence-electron chi connectivity index (χ2n) is 6.33. The lowest BCUT2D eigenvalue weighted by Crippen LogP contribution is -2.35. The Morgan fingerprint density at radius 2 is 1.81 bits per heavy atom. The minimum Gasteiger partial charge on any atom is -0.387 e. The highest BCUT2D eigenvalue weighted by molar-refractivity contribution is 5.96. The molecule has 0 aromatic heterocycles. The molecule has 0 saturated carbocycles. The number of benzene rings is 2. The van der Waals surface area contributed by atoms with Crippen molar-refractivity contribution in [3.63, 3.8) is 0 Å². The van der Waals surface area contributed by atoms with E-state index in [9.17, 15) is 19.1 Å². The van der Waals surface area contributed by atoms with Gasteiger partial charge in [0.1, 0.15) is 5.82 Å². The summed E-state index contributed by atoms with van der Waals surface area (Å²) in [6.45, 7) is 0.727. The van der Waals surface area contributed by atoms with E-state index in [0.717, 1.165) is 18.5 Å². The molecule has 2 aromatic rings. The number of carbonyl (C=O) groups excluding carboxylic acids is 2. The SMILES string of the molecule is O=C(NCC(O)c1ccc(F)cc1)c1ccc(N2CCCCC2=O)cc1. The van der Waals surface area contributed by atoms with Gasteiger partial charge in [0, 0.05) is 30.8 Å². The first-order valence-electron chi connectivity index (χ1n) is 8.67. The monoisotopic (exact) mass is 356 g/mol. The van der Waals surface area contributed by atoms with Crippen LogP contribution in [0.4, 0.5) is 10.1 Å². The van der Waals surface area contributed by atoms with E-state index >= 15 is 0 Å². The van der Waals surface area contributed by atoms with Gasteiger partial charge in [0.15, 0.2) is 0 Å². The number of anilines is 1. The molecule has 0 bridgehead atoms. The van der Waals surface area contributed by atoms with Crippen LogP contribution in [0.5, 0.6) is 0 Å². The van der Waals surface area contributed by atoms with Crippen LogP contribution in [0.2, 0.25) is 0 Å². The van der Waals surface area contributed by atoms with Gasteiger partial charge in [0.2, 0.25) is 5.91 Å². The first kappa shape index (κ1) is 18.1. The zero-order valence-corrected chi connectivity index (χ0v) is 14.3. The lowest BCUT2D eigenvalue weighted by molar-refractivity contribution is -0.119. The van der Waals surface area contributed by atoms with Gasteiger partial charge in [-0.25, -0.2) is 4.39 Å². The van der Waals surface area contributed by atoms with Gasteiger partial charge >= 0.3 is 0 Å². The van der Waals surface area contributed by atoms with Crippen LogP contribution in [-0.2, 0) is 4.79 Å². The molecule has 136 valence electrons. The number of hydrogen-bond donors (Lipinski definition) is 2. The highest BCUT2D eigenvalue weighted by Gasteiger charge is 2.19. The van der Waals surface area contributed by atoms with Crippen molar-refractivity contribution in [3.8, 4) is 0 Å². The Labute approximate surface area is 151 Å². The third-order valence-corrected chi connectivity index (χ3v) is 4.48. The van der Waals surface area contributed by atoms with Gasteiger partial charge in [-0.3, -0.25) is 9.59 Å². The van der Waals surface area contributed by atoms with Crippen molar-refractivity contribution in [1.82, 2.24) is 5.32 Å². The minimum atomic E-state index is -0.912. The first-order valence-corrected chi connectivity index (χ1v) is 8.67. The van der Waals surface area contributed by atoms with E-state index < -0.39 is 6.10 Å². The van der Waals surface area contributed by atoms with E-state index in [-0.39, 0.29) is 24.2 Å². The topological polar surface area (TPSA) is 69.6 Å². The van der Waals surface area contributed by atoms with Crippen molar-refractivity contribution in [2.24, 2.45) is 0 Å². The van der Waals surface area contributed by atoms with Gasteiger partial charge in [0.25, 0.3) is 5.91 Å². The molecule has 1 unspecified atom stereocenters. The summed E-state index contributed by atoms with van der Waals surface area (Å²) in [5.41, 5.74) is 1.77. The van der Waals surface area contributed by atoms with E-state index in [2.05, 4.69) is 5.32 Å². The Balaban J connectivity index is 1.57. The average Bonchev–Trinajstić information content (AvgIpc) is 2.67. The lowest BCUT2D eigenvalue weighted by Gasteiger charge is -2.26. The number of nitrogens with one attached hydrogen (secondary N) is 1. The molecule has 1 heterocycles. The van der Waals surface area contributed by atoms with E-state index in [4.69, 9.17) is 0 Å². The molecule has 1 aliphatic heterocycles. The summed E-state index contributed by atoms with van der Waals surface area (Å²) in [6.07, 6.45) is 1.55. The largest absolute Gasteiger partial charge is 0.387 e. The number of hydrogen-bond acceptors (Lipinski definition) is 3. The highest BCUT2D eigenvalue weighted by atomic mass is 19.1. The molecule has 5 nitrogen and oxygen atoms in total. The van der Waals surface area contributed by atoms with E-state index in [1.54, 1.807) is 29.2 Å². The van der Waals surface area contributed by atoms with Gasteiger partial charge < -0.3 is 15.3 Å². The summed E-state index contributed by atoms with van der Waals surface area (Å²) >= 11 is 0. The molecule has 1 atom stereocenters. The fraction of sp³-hybridized carbons (Fsp3) is 0.300. The first-order chi connectivity index (χ1) is 12.5. The van der Waals surface area contributed by atoms with Crippen molar-refractivity contribution in [2.75, 3.05) is 18.0 Å². The molecule has 0 radical (unpaired) electrons. The molecule has 2 amide bonds. The second kappa shape index (κ2) is 8.10. The summed E-state index contributed by atoms with van der Waals surface area (Å²) in [4.78, 5) is 25.9. The third kappa shape index (κ3) is 4.26. The molecule has 1 aliphatic rings. The van der Waals surface area contributed by atoms with E-state index in [1.165, 1.54) is 24.3 Å². The quantitative estimate of drug-likeness (QED) is 0.866. The summed E-state index contributed by atoms with van der Waals surface area (Å²) < 4.78 is 12.9. The number of aliphatic hydroxyl groups is 1. The summed E-state index contributed by atoms with van der Waals surface area (Å²) in [5.74, 6) is -0.587. The highest BCUT2D eigenvalue weighted by Crippen LogP contribution is 2.21. The zero-order valence-electron chi connectivity index (χ0n) is 14.3. The maximum atomic E-state index is 12.9. The van der Waals surface area contributed by atoms with Crippen LogP contribution in [-0.4, -0.2) is 30.0 Å². The molecule has 0 aliphatic carbocycles. The maximum absolute atomic E-state index is 12.9. The molecule has 2 aromatic carbocycles. The predicted octanol–water partition coefficient (Wildman–Crippen LogP) is 2.81. The van der Waals surface area contributed by atoms with Crippen LogP contribution in [0.25, 0.3) is 0 Å². The van der Waals surface area contributed by atoms with Crippen LogP contribution >= 0.6 is 0 Å². The number of carbonyl (C=O) groups is 2. The van der Waals surface area contributed by atoms with Gasteiger partial charge in [0.05, 0.1) is 6.10 Å². The Hall–Kier alpha value is -2.73. The minimum absolute atomic E-state index is 0.0246. The molecule has 6 heteroatoms. The maximum Gasteiger partial charge on any atom is 0.251 e. The Morgan fingerprint density at radius 1 is 1.12 bits per heavy atom. The fourth-order valence-electron chi connectivity index (χ4n) is 2.97. The normalized spacial score (nSPS) is 15.6. The van der Waals surface area contributed by atoms with Crippen LogP contribution < -0.4 is 10.2 Å². The van der Waals surface area contributed by atoms with Gasteiger partial charge in [-0.2, -0.15) is 0 Å². The van der Waals surface area contributed by atoms with Crippen molar-refractivity contribution in [2.45, 2.75) is 25.4 Å². The standard InChI is InChI=1S/C20H21FN2O3/c21-16-8-4-14(5-9-16)18(24)13-22-20(26)15-6-10-17(11-7-15)23-12-2-1-3-19(23)25/h4-11,18,24H,1-3,12-13H2,(H,22,26). The van der Waals surface area contributed by atoms with Crippen molar-refractivity contribution in [1.29, 1.82) is 0 Å².